The Morgan fingerprint density at radius 2 is 0.809 bits per heavy atom. The minimum atomic E-state index is -1.58. The number of amides is 1. The summed E-state index contributed by atoms with van der Waals surface area (Å²) in [6.07, 6.45) is 81.1. The summed E-state index contributed by atoms with van der Waals surface area (Å²) in [4.78, 5) is 25.1. The maximum Gasteiger partial charge on any atom is 0.305 e. The van der Waals surface area contributed by atoms with Gasteiger partial charge in [-0.15, -0.1) is 0 Å². The number of esters is 1. The molecule has 7 unspecified atom stereocenters. The average molecular weight is 1250 g/mol. The van der Waals surface area contributed by atoms with Crippen LogP contribution in [0.15, 0.2) is 72.9 Å². The van der Waals surface area contributed by atoms with Crippen LogP contribution in [0.25, 0.3) is 0 Å². The van der Waals surface area contributed by atoms with Crippen molar-refractivity contribution in [2.24, 2.45) is 0 Å². The molecule has 518 valence electrons. The molecule has 11 heteroatoms. The molecule has 1 saturated heterocycles. The zero-order valence-corrected chi connectivity index (χ0v) is 57.6. The van der Waals surface area contributed by atoms with Gasteiger partial charge in [0.05, 0.1) is 32.0 Å². The van der Waals surface area contributed by atoms with E-state index in [-0.39, 0.29) is 18.5 Å². The molecule has 0 saturated carbocycles. The van der Waals surface area contributed by atoms with E-state index in [0.717, 1.165) is 70.6 Å². The highest BCUT2D eigenvalue weighted by atomic mass is 16.7. The number of nitrogens with one attached hydrogen (secondary N) is 1. The van der Waals surface area contributed by atoms with Gasteiger partial charge in [-0.2, -0.15) is 0 Å². The Morgan fingerprint density at radius 3 is 1.25 bits per heavy atom. The zero-order valence-electron chi connectivity index (χ0n) is 57.6. The van der Waals surface area contributed by atoms with E-state index in [0.29, 0.717) is 19.4 Å². The Labute approximate surface area is 547 Å². The van der Waals surface area contributed by atoms with Crippen LogP contribution in [-0.2, 0) is 23.8 Å². The van der Waals surface area contributed by atoms with E-state index in [9.17, 15) is 35.1 Å². The second-order valence-corrected chi connectivity index (χ2v) is 26.0. The molecule has 1 aliphatic heterocycles. The third-order valence-corrected chi connectivity index (χ3v) is 17.6. The van der Waals surface area contributed by atoms with Crippen molar-refractivity contribution in [1.82, 2.24) is 5.32 Å². The quantitative estimate of drug-likeness (QED) is 0.0195. The Balaban J connectivity index is 1.88. The summed E-state index contributed by atoms with van der Waals surface area (Å²) in [6.45, 7) is 4.10. The summed E-state index contributed by atoms with van der Waals surface area (Å²) in [5.41, 5.74) is 0. The first-order chi connectivity index (χ1) is 43.7. The largest absolute Gasteiger partial charge is 0.466 e. The Bertz CT molecular complexity index is 1710. The minimum Gasteiger partial charge on any atom is -0.466 e. The summed E-state index contributed by atoms with van der Waals surface area (Å²) in [5, 5.41) is 54.2. The lowest BCUT2D eigenvalue weighted by molar-refractivity contribution is -0.302. The number of hydrogen-bond acceptors (Lipinski definition) is 10. The normalized spacial score (nSPS) is 18.1. The maximum atomic E-state index is 13.0. The standard InChI is InChI=1S/C78H141NO10/c1-3-5-7-9-11-13-14-42-46-50-54-58-62-66-74(83)87-67-63-59-55-51-47-44-41-39-37-35-33-31-29-27-25-23-21-19-17-15-16-18-20-22-24-26-28-30-32-34-36-38-40-43-45-49-53-57-61-65-73(82)79-70(71(81)64-60-56-52-48-12-10-8-6-4-2)69-88-78-77(86)76(85)75(84)72(68-80)89-78/h4,6,12-16,19,21,48,60,64,70-72,75-78,80-81,84-86H,3,5,7-11,17-18,20,22-47,49-59,61-63,65-69H2,1-2H3,(H,79,82)/b6-4+,14-13-,16-15-,21-19-,48-12+,64-60+. The lowest BCUT2D eigenvalue weighted by Gasteiger charge is -2.40. The average Bonchev–Trinajstić information content (AvgIpc) is 1.84. The van der Waals surface area contributed by atoms with Gasteiger partial charge in [0.25, 0.3) is 0 Å². The molecule has 0 spiro atoms. The molecule has 1 fully saturated rings. The van der Waals surface area contributed by atoms with Crippen LogP contribution >= 0.6 is 0 Å². The molecule has 6 N–H and O–H groups in total. The summed E-state index contributed by atoms with van der Waals surface area (Å²) in [7, 11) is 0. The Hall–Kier alpha value is -2.90. The van der Waals surface area contributed by atoms with E-state index in [2.05, 4.69) is 66.9 Å². The lowest BCUT2D eigenvalue weighted by Crippen LogP contribution is -2.60. The van der Waals surface area contributed by atoms with E-state index < -0.39 is 49.5 Å². The molecule has 1 aliphatic rings. The molecule has 1 amide bonds. The number of hydrogen-bond donors (Lipinski definition) is 6. The molecule has 1 rings (SSSR count). The minimum absolute atomic E-state index is 0.00476. The second kappa shape index (κ2) is 66.6. The Morgan fingerprint density at radius 1 is 0.438 bits per heavy atom. The molecule has 0 aliphatic carbocycles. The number of unbranched alkanes of at least 4 members (excludes halogenated alkanes) is 43. The highest BCUT2D eigenvalue weighted by Gasteiger charge is 2.44. The molecule has 1 heterocycles. The molecule has 0 aromatic carbocycles. The van der Waals surface area contributed by atoms with Crippen LogP contribution in [0.4, 0.5) is 0 Å². The van der Waals surface area contributed by atoms with Crippen LogP contribution in [0.5, 0.6) is 0 Å². The monoisotopic (exact) mass is 1250 g/mol. The van der Waals surface area contributed by atoms with Crippen molar-refractivity contribution in [3.8, 4) is 0 Å². The maximum absolute atomic E-state index is 13.0. The Kier molecular flexibility index (Phi) is 62.9. The van der Waals surface area contributed by atoms with E-state index in [4.69, 9.17) is 14.2 Å². The van der Waals surface area contributed by atoms with Gasteiger partial charge in [-0.25, -0.2) is 0 Å². The predicted molar refractivity (Wildman–Crippen MR) is 375 cm³/mol. The lowest BCUT2D eigenvalue weighted by atomic mass is 9.99. The van der Waals surface area contributed by atoms with Gasteiger partial charge < -0.3 is 45.1 Å². The number of ether oxygens (including phenoxy) is 3. The van der Waals surface area contributed by atoms with Crippen LogP contribution in [0.1, 0.15) is 348 Å². The molecule has 0 radical (unpaired) electrons. The molecular formula is C78H141NO10. The van der Waals surface area contributed by atoms with Crippen LogP contribution < -0.4 is 5.32 Å². The number of aliphatic hydroxyl groups is 5. The van der Waals surface area contributed by atoms with Gasteiger partial charge in [0.2, 0.25) is 5.91 Å². The topological polar surface area (TPSA) is 175 Å². The van der Waals surface area contributed by atoms with Gasteiger partial charge in [0.15, 0.2) is 6.29 Å². The number of rotatable bonds is 66. The van der Waals surface area contributed by atoms with Crippen molar-refractivity contribution in [2.45, 2.75) is 391 Å². The summed E-state index contributed by atoms with van der Waals surface area (Å²) < 4.78 is 16.7. The van der Waals surface area contributed by atoms with Crippen molar-refractivity contribution in [3.63, 3.8) is 0 Å². The van der Waals surface area contributed by atoms with Gasteiger partial charge in [0.1, 0.15) is 24.4 Å². The number of allylic oxidation sites excluding steroid dienone is 11. The second-order valence-electron chi connectivity index (χ2n) is 26.0. The SMILES string of the molecule is C/C=C/CC/C=C/CC/C=C/C(O)C(COC1OC(CO)C(O)C(O)C1O)NC(=O)CCCCCCCCCCCCCCCCCCC/C=C\C/C=C\CCCCCCCCCCCCCCCCCOC(=O)CCCCCCC/C=C\CCCCCC. The highest BCUT2D eigenvalue weighted by molar-refractivity contribution is 5.76. The fourth-order valence-corrected chi connectivity index (χ4v) is 11.7. The fourth-order valence-electron chi connectivity index (χ4n) is 11.7. The van der Waals surface area contributed by atoms with Crippen LogP contribution in [0, 0.1) is 0 Å². The van der Waals surface area contributed by atoms with Gasteiger partial charge in [-0.1, -0.05) is 298 Å². The molecule has 11 nitrogen and oxygen atoms in total. The summed E-state index contributed by atoms with van der Waals surface area (Å²) >= 11 is 0. The van der Waals surface area contributed by atoms with Crippen LogP contribution in [0.3, 0.4) is 0 Å². The van der Waals surface area contributed by atoms with Gasteiger partial charge in [-0.3, -0.25) is 9.59 Å². The van der Waals surface area contributed by atoms with Crippen molar-refractivity contribution >= 4 is 11.9 Å². The van der Waals surface area contributed by atoms with E-state index >= 15 is 0 Å². The fraction of sp³-hybridized carbons (Fsp3) is 0.821. The van der Waals surface area contributed by atoms with Gasteiger partial charge in [0, 0.05) is 12.8 Å². The number of aliphatic hydroxyl groups excluding tert-OH is 5. The van der Waals surface area contributed by atoms with E-state index in [1.807, 2.05) is 19.1 Å². The molecule has 0 aromatic heterocycles. The first-order valence-corrected chi connectivity index (χ1v) is 37.7. The highest BCUT2D eigenvalue weighted by Crippen LogP contribution is 2.23. The third kappa shape index (κ3) is 55.3. The van der Waals surface area contributed by atoms with Crippen molar-refractivity contribution < 1.29 is 49.3 Å². The smallest absolute Gasteiger partial charge is 0.305 e. The van der Waals surface area contributed by atoms with Crippen molar-refractivity contribution in [3.05, 3.63) is 72.9 Å². The summed E-state index contributed by atoms with van der Waals surface area (Å²) in [5.74, 6) is -0.191. The molecule has 7 atom stereocenters. The number of carbonyl (C=O) groups excluding carboxylic acids is 2. The first kappa shape index (κ1) is 84.1. The predicted octanol–water partition coefficient (Wildman–Crippen LogP) is 19.9. The van der Waals surface area contributed by atoms with Gasteiger partial charge >= 0.3 is 5.97 Å². The number of carbonyl (C=O) groups is 2. The third-order valence-electron chi connectivity index (χ3n) is 17.6. The molecule has 89 heavy (non-hydrogen) atoms. The molecule has 0 aromatic rings. The summed E-state index contributed by atoms with van der Waals surface area (Å²) in [6, 6.07) is -0.832. The molecular weight excluding hydrogens is 1110 g/mol. The van der Waals surface area contributed by atoms with E-state index in [1.54, 1.807) is 6.08 Å². The van der Waals surface area contributed by atoms with Crippen LogP contribution in [-0.4, -0.2) is 100 Å². The first-order valence-electron chi connectivity index (χ1n) is 37.7. The van der Waals surface area contributed by atoms with Crippen LogP contribution in [0.2, 0.25) is 0 Å². The van der Waals surface area contributed by atoms with E-state index in [1.165, 1.54) is 250 Å². The molecule has 0 bridgehead atoms. The van der Waals surface area contributed by atoms with Gasteiger partial charge in [-0.05, 0) is 110 Å². The van der Waals surface area contributed by atoms with Crippen molar-refractivity contribution in [2.75, 3.05) is 19.8 Å². The zero-order chi connectivity index (χ0) is 64.4. The van der Waals surface area contributed by atoms with Crippen molar-refractivity contribution in [1.29, 1.82) is 0 Å².